The standard InChI is InChI=1S/C21H24ClN5O3/c1-13-17(21(30)26-16-8-6-15(22)7-9-16)11-24-20(25-13)18-5-3-4-10-27(18)19(29)12-23-14(2)28/h6-9,11,18H,3-5,10,12H2,1-2H3,(H,23,28)(H,26,30)/t18-/m0/s1. The summed E-state index contributed by atoms with van der Waals surface area (Å²) in [6.07, 6.45) is 4.08. The Hall–Kier alpha value is -3.00. The van der Waals surface area contributed by atoms with Gasteiger partial charge in [0.15, 0.2) is 5.82 Å². The number of piperidine rings is 1. The maximum atomic E-state index is 12.6. The van der Waals surface area contributed by atoms with Crippen molar-refractivity contribution in [1.82, 2.24) is 20.2 Å². The molecule has 8 nitrogen and oxygen atoms in total. The summed E-state index contributed by atoms with van der Waals surface area (Å²) in [7, 11) is 0. The molecule has 0 saturated carbocycles. The Kier molecular flexibility index (Phi) is 6.99. The minimum Gasteiger partial charge on any atom is -0.347 e. The van der Waals surface area contributed by atoms with Crippen LogP contribution >= 0.6 is 11.6 Å². The number of carbonyl (C=O) groups excluding carboxylic acids is 3. The third-order valence-corrected chi connectivity index (χ3v) is 5.21. The Morgan fingerprint density at radius 2 is 1.93 bits per heavy atom. The molecule has 0 aliphatic carbocycles. The van der Waals surface area contributed by atoms with Crippen LogP contribution < -0.4 is 10.6 Å². The highest BCUT2D eigenvalue weighted by Crippen LogP contribution is 2.29. The van der Waals surface area contributed by atoms with Crippen molar-refractivity contribution in [3.8, 4) is 0 Å². The fourth-order valence-electron chi connectivity index (χ4n) is 3.40. The summed E-state index contributed by atoms with van der Waals surface area (Å²) in [6, 6.07) is 6.54. The van der Waals surface area contributed by atoms with Gasteiger partial charge in [-0.1, -0.05) is 11.6 Å². The average Bonchev–Trinajstić information content (AvgIpc) is 2.73. The number of anilines is 1. The van der Waals surface area contributed by atoms with Gasteiger partial charge in [-0.15, -0.1) is 0 Å². The molecule has 1 aliphatic rings. The van der Waals surface area contributed by atoms with Crippen LogP contribution in [0.2, 0.25) is 5.02 Å². The molecule has 3 rings (SSSR count). The Morgan fingerprint density at radius 3 is 2.60 bits per heavy atom. The lowest BCUT2D eigenvalue weighted by molar-refractivity contribution is -0.136. The van der Waals surface area contributed by atoms with Crippen molar-refractivity contribution in [3.63, 3.8) is 0 Å². The van der Waals surface area contributed by atoms with Crippen molar-refractivity contribution in [3.05, 3.63) is 52.6 Å². The zero-order valence-electron chi connectivity index (χ0n) is 16.9. The van der Waals surface area contributed by atoms with Gasteiger partial charge in [-0.25, -0.2) is 9.97 Å². The first-order valence-corrected chi connectivity index (χ1v) is 10.2. The van der Waals surface area contributed by atoms with Crippen LogP contribution in [0.3, 0.4) is 0 Å². The molecule has 0 radical (unpaired) electrons. The Bertz CT molecular complexity index is 948. The van der Waals surface area contributed by atoms with E-state index < -0.39 is 0 Å². The highest BCUT2D eigenvalue weighted by Gasteiger charge is 2.30. The molecular weight excluding hydrogens is 406 g/mol. The number of hydrogen-bond acceptors (Lipinski definition) is 5. The first-order valence-electron chi connectivity index (χ1n) is 9.79. The molecule has 30 heavy (non-hydrogen) atoms. The van der Waals surface area contributed by atoms with Crippen molar-refractivity contribution in [2.24, 2.45) is 0 Å². The average molecular weight is 430 g/mol. The van der Waals surface area contributed by atoms with Crippen molar-refractivity contribution in [1.29, 1.82) is 0 Å². The van der Waals surface area contributed by atoms with Gasteiger partial charge in [0.25, 0.3) is 5.91 Å². The quantitative estimate of drug-likeness (QED) is 0.760. The van der Waals surface area contributed by atoms with E-state index in [9.17, 15) is 14.4 Å². The number of aryl methyl sites for hydroxylation is 1. The molecular formula is C21H24ClN5O3. The summed E-state index contributed by atoms with van der Waals surface area (Å²) in [5.74, 6) is -0.226. The van der Waals surface area contributed by atoms with E-state index in [1.54, 1.807) is 36.1 Å². The van der Waals surface area contributed by atoms with Gasteiger partial charge < -0.3 is 15.5 Å². The van der Waals surface area contributed by atoms with Crippen molar-refractivity contribution in [2.75, 3.05) is 18.4 Å². The monoisotopic (exact) mass is 429 g/mol. The zero-order valence-corrected chi connectivity index (χ0v) is 17.7. The molecule has 0 bridgehead atoms. The van der Waals surface area contributed by atoms with Crippen LogP contribution in [0.4, 0.5) is 5.69 Å². The number of nitrogens with zero attached hydrogens (tertiary/aromatic N) is 3. The van der Waals surface area contributed by atoms with Gasteiger partial charge in [0.05, 0.1) is 23.8 Å². The van der Waals surface area contributed by atoms with Gasteiger partial charge in [0, 0.05) is 30.4 Å². The van der Waals surface area contributed by atoms with Crippen LogP contribution in [0.15, 0.2) is 30.5 Å². The smallest absolute Gasteiger partial charge is 0.259 e. The maximum absolute atomic E-state index is 12.6. The second-order valence-electron chi connectivity index (χ2n) is 7.20. The molecule has 0 unspecified atom stereocenters. The number of hydrogen-bond donors (Lipinski definition) is 2. The third kappa shape index (κ3) is 5.33. The first kappa shape index (κ1) is 21.7. The molecule has 3 amide bonds. The number of benzene rings is 1. The summed E-state index contributed by atoms with van der Waals surface area (Å²) in [4.78, 5) is 46.9. The van der Waals surface area contributed by atoms with E-state index in [2.05, 4.69) is 20.6 Å². The van der Waals surface area contributed by atoms with E-state index in [0.717, 1.165) is 19.3 Å². The van der Waals surface area contributed by atoms with E-state index in [1.807, 2.05) is 0 Å². The molecule has 2 aromatic rings. The molecule has 1 aromatic carbocycles. The Morgan fingerprint density at radius 1 is 1.20 bits per heavy atom. The second kappa shape index (κ2) is 9.67. The number of carbonyl (C=O) groups is 3. The first-order chi connectivity index (χ1) is 14.3. The molecule has 1 atom stereocenters. The predicted molar refractivity (Wildman–Crippen MR) is 113 cm³/mol. The van der Waals surface area contributed by atoms with Gasteiger partial charge in [-0.3, -0.25) is 14.4 Å². The zero-order chi connectivity index (χ0) is 21.7. The van der Waals surface area contributed by atoms with Gasteiger partial charge in [-0.05, 0) is 50.5 Å². The van der Waals surface area contributed by atoms with Crippen molar-refractivity contribution < 1.29 is 14.4 Å². The summed E-state index contributed by atoms with van der Waals surface area (Å²) in [6.45, 7) is 3.66. The topological polar surface area (TPSA) is 104 Å². The summed E-state index contributed by atoms with van der Waals surface area (Å²) < 4.78 is 0. The van der Waals surface area contributed by atoms with Crippen LogP contribution in [0, 0.1) is 6.92 Å². The van der Waals surface area contributed by atoms with E-state index in [-0.39, 0.29) is 30.3 Å². The highest BCUT2D eigenvalue weighted by atomic mass is 35.5. The highest BCUT2D eigenvalue weighted by molar-refractivity contribution is 6.30. The number of nitrogens with one attached hydrogen (secondary N) is 2. The van der Waals surface area contributed by atoms with E-state index in [0.29, 0.717) is 34.3 Å². The summed E-state index contributed by atoms with van der Waals surface area (Å²) in [5, 5.41) is 5.93. The number of rotatable bonds is 5. The lowest BCUT2D eigenvalue weighted by Crippen LogP contribution is -2.44. The van der Waals surface area contributed by atoms with E-state index >= 15 is 0 Å². The van der Waals surface area contributed by atoms with Crippen molar-refractivity contribution in [2.45, 2.75) is 39.2 Å². The predicted octanol–water partition coefficient (Wildman–Crippen LogP) is 2.88. The lowest BCUT2D eigenvalue weighted by Gasteiger charge is -2.35. The minimum absolute atomic E-state index is 0.0492. The molecule has 9 heteroatoms. The SMILES string of the molecule is CC(=O)NCC(=O)N1CCCC[C@H]1c1ncc(C(=O)Nc2ccc(Cl)cc2)c(C)n1. The fourth-order valence-corrected chi connectivity index (χ4v) is 3.53. The maximum Gasteiger partial charge on any atom is 0.259 e. The lowest BCUT2D eigenvalue weighted by atomic mass is 10.0. The largest absolute Gasteiger partial charge is 0.347 e. The Labute approximate surface area is 180 Å². The molecule has 1 aromatic heterocycles. The molecule has 0 spiro atoms. The van der Waals surface area contributed by atoms with Crippen LogP contribution in [-0.2, 0) is 9.59 Å². The Balaban J connectivity index is 1.75. The number of aromatic nitrogens is 2. The normalized spacial score (nSPS) is 16.1. The number of likely N-dealkylation sites (tertiary alicyclic amines) is 1. The van der Waals surface area contributed by atoms with Crippen molar-refractivity contribution >= 4 is 35.0 Å². The summed E-state index contributed by atoms with van der Waals surface area (Å²) in [5.41, 5.74) is 1.52. The molecule has 158 valence electrons. The molecule has 2 heterocycles. The molecule has 1 fully saturated rings. The van der Waals surface area contributed by atoms with Gasteiger partial charge in [0.2, 0.25) is 11.8 Å². The number of amides is 3. The van der Waals surface area contributed by atoms with Crippen LogP contribution in [0.5, 0.6) is 0 Å². The van der Waals surface area contributed by atoms with Crippen LogP contribution in [0.1, 0.15) is 54.1 Å². The summed E-state index contributed by atoms with van der Waals surface area (Å²) >= 11 is 5.87. The van der Waals surface area contributed by atoms with Crippen LogP contribution in [-0.4, -0.2) is 45.7 Å². The molecule has 1 aliphatic heterocycles. The van der Waals surface area contributed by atoms with Gasteiger partial charge in [-0.2, -0.15) is 0 Å². The van der Waals surface area contributed by atoms with Crippen LogP contribution in [0.25, 0.3) is 0 Å². The number of halogens is 1. The van der Waals surface area contributed by atoms with E-state index in [1.165, 1.54) is 13.1 Å². The fraction of sp³-hybridized carbons (Fsp3) is 0.381. The molecule has 2 N–H and O–H groups in total. The second-order valence-corrected chi connectivity index (χ2v) is 7.63. The van der Waals surface area contributed by atoms with E-state index in [4.69, 9.17) is 11.6 Å². The van der Waals surface area contributed by atoms with Gasteiger partial charge in [0.1, 0.15) is 0 Å². The third-order valence-electron chi connectivity index (χ3n) is 4.95. The minimum atomic E-state index is -0.316. The van der Waals surface area contributed by atoms with Gasteiger partial charge >= 0.3 is 0 Å². The molecule has 1 saturated heterocycles.